The number of thioether (sulfide) groups is 1. The van der Waals surface area contributed by atoms with Crippen LogP contribution in [0.4, 0.5) is 5.69 Å². The van der Waals surface area contributed by atoms with Gasteiger partial charge in [-0.2, -0.15) is 0 Å². The van der Waals surface area contributed by atoms with Crippen LogP contribution in [0.25, 0.3) is 0 Å². The van der Waals surface area contributed by atoms with Gasteiger partial charge in [-0.05, 0) is 36.4 Å². The van der Waals surface area contributed by atoms with Crippen molar-refractivity contribution in [1.29, 1.82) is 0 Å². The molecule has 22 heavy (non-hydrogen) atoms. The first kappa shape index (κ1) is 16.9. The summed E-state index contributed by atoms with van der Waals surface area (Å²) < 4.78 is 5.69. The first-order valence-corrected chi connectivity index (χ1v) is 8.29. The second-order valence-corrected chi connectivity index (χ2v) is 6.39. The Morgan fingerprint density at radius 3 is 2.64 bits per heavy atom. The maximum absolute atomic E-state index is 11.1. The topological polar surface area (TPSA) is 52.4 Å². The van der Waals surface area contributed by atoms with Crippen molar-refractivity contribution in [3.8, 4) is 11.5 Å². The molecule has 2 rings (SSSR count). The number of halogens is 2. The van der Waals surface area contributed by atoms with Crippen LogP contribution in [0.15, 0.2) is 41.3 Å². The van der Waals surface area contributed by atoms with Gasteiger partial charge in [-0.25, -0.2) is 0 Å². The van der Waals surface area contributed by atoms with Gasteiger partial charge in [0.25, 0.3) is 5.69 Å². The fourth-order valence-corrected chi connectivity index (χ4v) is 3.08. The molecule has 0 heterocycles. The van der Waals surface area contributed by atoms with Crippen LogP contribution in [0.5, 0.6) is 11.5 Å². The molecule has 0 aliphatic rings. The molecule has 4 nitrogen and oxygen atoms in total. The first-order valence-electron chi connectivity index (χ1n) is 6.55. The van der Waals surface area contributed by atoms with Crippen LogP contribution >= 0.6 is 35.0 Å². The Bertz CT molecular complexity index is 694. The summed E-state index contributed by atoms with van der Waals surface area (Å²) in [5.74, 6) is 1.74. The van der Waals surface area contributed by atoms with Crippen LogP contribution in [-0.4, -0.2) is 10.7 Å². The van der Waals surface area contributed by atoms with E-state index in [1.54, 1.807) is 30.3 Å². The lowest BCUT2D eigenvalue weighted by Gasteiger charge is -2.09. The highest BCUT2D eigenvalue weighted by molar-refractivity contribution is 7.99. The molecular weight excluding hydrogens is 345 g/mol. The van der Waals surface area contributed by atoms with Crippen molar-refractivity contribution >= 4 is 40.7 Å². The summed E-state index contributed by atoms with van der Waals surface area (Å²) in [5.41, 5.74) is 0.0769. The van der Waals surface area contributed by atoms with Crippen LogP contribution in [0.1, 0.15) is 13.3 Å². The van der Waals surface area contributed by atoms with Crippen molar-refractivity contribution in [2.24, 2.45) is 0 Å². The quantitative estimate of drug-likeness (QED) is 0.351. The van der Waals surface area contributed by atoms with Crippen LogP contribution in [0.3, 0.4) is 0 Å². The number of nitrogens with zero attached hydrogens (tertiary/aromatic N) is 1. The monoisotopic (exact) mass is 357 g/mol. The molecule has 0 atom stereocenters. The lowest BCUT2D eigenvalue weighted by Crippen LogP contribution is -1.93. The number of ether oxygens (including phenoxy) is 1. The molecule has 0 amide bonds. The highest BCUT2D eigenvalue weighted by Gasteiger charge is 2.15. The molecule has 0 fully saturated rings. The number of rotatable bonds is 6. The fourth-order valence-electron chi connectivity index (χ4n) is 1.72. The third kappa shape index (κ3) is 4.29. The minimum Gasteiger partial charge on any atom is -0.456 e. The molecule has 0 unspecified atom stereocenters. The van der Waals surface area contributed by atoms with Crippen LogP contribution < -0.4 is 4.74 Å². The minimum absolute atomic E-state index is 0.0769. The van der Waals surface area contributed by atoms with E-state index in [0.29, 0.717) is 26.4 Å². The smallest absolute Gasteiger partial charge is 0.283 e. The summed E-state index contributed by atoms with van der Waals surface area (Å²) in [6.45, 7) is 2.02. The van der Waals surface area contributed by atoms with Crippen LogP contribution in [0, 0.1) is 10.1 Å². The van der Waals surface area contributed by atoms with Crippen molar-refractivity contribution in [3.63, 3.8) is 0 Å². The van der Waals surface area contributed by atoms with Crippen molar-refractivity contribution in [2.75, 3.05) is 5.75 Å². The van der Waals surface area contributed by atoms with Gasteiger partial charge in [-0.1, -0.05) is 30.1 Å². The number of hydrogen-bond acceptors (Lipinski definition) is 4. The average molecular weight is 358 g/mol. The summed E-state index contributed by atoms with van der Waals surface area (Å²) >= 11 is 13.3. The number of benzene rings is 2. The molecule has 0 aliphatic heterocycles. The van der Waals surface area contributed by atoms with Crippen LogP contribution in [0.2, 0.25) is 10.0 Å². The molecule has 7 heteroatoms. The number of nitro groups is 1. The molecule has 0 aromatic heterocycles. The maximum Gasteiger partial charge on any atom is 0.283 e. The second kappa shape index (κ2) is 7.72. The molecule has 116 valence electrons. The van der Waals surface area contributed by atoms with Crippen molar-refractivity contribution < 1.29 is 9.66 Å². The molecular formula is C15H13Cl2NO3S. The standard InChI is InChI=1S/C15H13Cl2NO3S/c1-2-7-22-15-9-11(4-5-13(15)18(19)20)21-14-6-3-10(16)8-12(14)17/h3-6,8-9H,2,7H2,1H3. The van der Waals surface area contributed by atoms with Gasteiger partial charge in [0.15, 0.2) is 0 Å². The summed E-state index contributed by atoms with van der Waals surface area (Å²) in [6, 6.07) is 9.56. The fraction of sp³-hybridized carbons (Fsp3) is 0.200. The highest BCUT2D eigenvalue weighted by Crippen LogP contribution is 2.36. The van der Waals surface area contributed by atoms with Gasteiger partial charge < -0.3 is 4.74 Å². The van der Waals surface area contributed by atoms with E-state index in [4.69, 9.17) is 27.9 Å². The van der Waals surface area contributed by atoms with Gasteiger partial charge in [0, 0.05) is 17.2 Å². The Hall–Kier alpha value is -1.43. The van der Waals surface area contributed by atoms with E-state index in [-0.39, 0.29) is 5.69 Å². The first-order chi connectivity index (χ1) is 10.5. The van der Waals surface area contributed by atoms with E-state index in [1.807, 2.05) is 6.92 Å². The third-order valence-corrected chi connectivity index (χ3v) is 4.49. The third-order valence-electron chi connectivity index (χ3n) is 2.71. The summed E-state index contributed by atoms with van der Waals surface area (Å²) in [7, 11) is 0. The lowest BCUT2D eigenvalue weighted by atomic mass is 10.3. The number of nitro benzene ring substituents is 1. The van der Waals surface area contributed by atoms with E-state index < -0.39 is 4.92 Å². The maximum atomic E-state index is 11.1. The molecule has 0 spiro atoms. The Balaban J connectivity index is 2.29. The zero-order valence-electron chi connectivity index (χ0n) is 11.7. The number of hydrogen-bond donors (Lipinski definition) is 0. The zero-order chi connectivity index (χ0) is 16.1. The van der Waals surface area contributed by atoms with Crippen LogP contribution in [-0.2, 0) is 0 Å². The Kier molecular flexibility index (Phi) is 5.94. The molecule has 2 aromatic carbocycles. The zero-order valence-corrected chi connectivity index (χ0v) is 14.0. The van der Waals surface area contributed by atoms with Gasteiger partial charge in [0.05, 0.1) is 14.8 Å². The summed E-state index contributed by atoms with van der Waals surface area (Å²) in [5, 5.41) is 12.0. The van der Waals surface area contributed by atoms with Gasteiger partial charge in [-0.15, -0.1) is 11.8 Å². The van der Waals surface area contributed by atoms with E-state index in [0.717, 1.165) is 12.2 Å². The second-order valence-electron chi connectivity index (χ2n) is 4.41. The molecule has 0 N–H and O–H groups in total. The molecule has 0 radical (unpaired) electrons. The Morgan fingerprint density at radius 2 is 2.00 bits per heavy atom. The Labute approximate surface area is 142 Å². The predicted octanol–water partition coefficient (Wildman–Crippen LogP) is 6.20. The molecule has 0 aliphatic carbocycles. The predicted molar refractivity (Wildman–Crippen MR) is 90.6 cm³/mol. The van der Waals surface area contributed by atoms with E-state index in [9.17, 15) is 10.1 Å². The highest BCUT2D eigenvalue weighted by atomic mass is 35.5. The minimum atomic E-state index is -0.392. The van der Waals surface area contributed by atoms with E-state index in [2.05, 4.69) is 0 Å². The van der Waals surface area contributed by atoms with Crippen molar-refractivity contribution in [1.82, 2.24) is 0 Å². The van der Waals surface area contributed by atoms with E-state index >= 15 is 0 Å². The van der Waals surface area contributed by atoms with Crippen molar-refractivity contribution in [2.45, 2.75) is 18.2 Å². The van der Waals surface area contributed by atoms with Gasteiger partial charge in [0.2, 0.25) is 0 Å². The largest absolute Gasteiger partial charge is 0.456 e. The molecule has 0 bridgehead atoms. The summed E-state index contributed by atoms with van der Waals surface area (Å²) in [6.07, 6.45) is 0.927. The molecule has 0 saturated heterocycles. The van der Waals surface area contributed by atoms with Gasteiger partial charge >= 0.3 is 0 Å². The lowest BCUT2D eigenvalue weighted by molar-refractivity contribution is -0.387. The summed E-state index contributed by atoms with van der Waals surface area (Å²) in [4.78, 5) is 11.2. The SMILES string of the molecule is CCCSc1cc(Oc2ccc(Cl)cc2Cl)ccc1[N+](=O)[O-]. The normalized spacial score (nSPS) is 10.5. The molecule has 2 aromatic rings. The van der Waals surface area contributed by atoms with E-state index in [1.165, 1.54) is 17.8 Å². The Morgan fingerprint density at radius 1 is 1.23 bits per heavy atom. The van der Waals surface area contributed by atoms with Crippen molar-refractivity contribution in [3.05, 3.63) is 56.6 Å². The molecule has 0 saturated carbocycles. The van der Waals surface area contributed by atoms with Gasteiger partial charge in [0.1, 0.15) is 11.5 Å². The average Bonchev–Trinajstić information content (AvgIpc) is 2.48. The van der Waals surface area contributed by atoms with Gasteiger partial charge in [-0.3, -0.25) is 10.1 Å².